The van der Waals surface area contributed by atoms with E-state index >= 15 is 0 Å². The van der Waals surface area contributed by atoms with Crippen LogP contribution >= 0.6 is 0 Å². The van der Waals surface area contributed by atoms with E-state index in [2.05, 4.69) is 0 Å². The molecule has 0 nitrogen and oxygen atoms in total. The number of hydrogen-bond donors (Lipinski definition) is 0. The van der Waals surface area contributed by atoms with Crippen molar-refractivity contribution >= 4 is 0 Å². The van der Waals surface area contributed by atoms with Crippen molar-refractivity contribution in [2.24, 2.45) is 0 Å². The second-order valence-corrected chi connectivity index (χ2v) is 0.625. The molecule has 1 rings (SSSR count). The van der Waals surface area contributed by atoms with Crippen molar-refractivity contribution in [1.82, 2.24) is 0 Å². The van der Waals surface area contributed by atoms with Gasteiger partial charge in [-0.25, -0.2) is 0 Å². The summed E-state index contributed by atoms with van der Waals surface area (Å²) in [5.41, 5.74) is 0. The van der Waals surface area contributed by atoms with Crippen molar-refractivity contribution in [1.29, 1.82) is 0 Å². The van der Waals surface area contributed by atoms with Crippen molar-refractivity contribution in [3.05, 3.63) is 30.6 Å². The van der Waals surface area contributed by atoms with E-state index in [0.29, 0.717) is 0 Å². The Balaban J connectivity index is 3.09. The summed E-state index contributed by atoms with van der Waals surface area (Å²) < 4.78 is 35.0. The molecule has 0 spiro atoms. The highest BCUT2D eigenvalue weighted by Gasteiger charge is 1.84. The lowest BCUT2D eigenvalue weighted by Gasteiger charge is -1.46. The van der Waals surface area contributed by atoms with Crippen molar-refractivity contribution in [3.8, 4) is 0 Å². The summed E-state index contributed by atoms with van der Waals surface area (Å²) in [7, 11) is 0. The second kappa shape index (κ2) is 0.978. The molecule has 0 aliphatic heterocycles. The molecule has 0 radical (unpaired) electrons. The molecule has 0 heterocycles. The first-order valence-corrected chi connectivity index (χ1v) is 1.25. The summed E-state index contributed by atoms with van der Waals surface area (Å²) in [6, 6.07) is -1.30. The molecule has 0 fully saturated rings. The molecule has 0 saturated carbocycles. The summed E-state index contributed by atoms with van der Waals surface area (Å²) in [5.74, 6) is 0. The first-order chi connectivity index (χ1) is 4.55. The quantitative estimate of drug-likeness (QED) is 0.377. The zero-order valence-corrected chi connectivity index (χ0v) is 2.50. The van der Waals surface area contributed by atoms with E-state index < -0.39 is 0 Å². The minimum Gasteiger partial charge on any atom is 0.0409 e. The molecule has 0 amide bonds. The van der Waals surface area contributed by atoms with E-state index in [1.54, 1.807) is 0 Å². The Hall–Kier alpha value is -0.650. The first kappa shape index (κ1) is 0.558. The van der Waals surface area contributed by atoms with E-state index in [9.17, 15) is 0 Å². The third-order valence-electron chi connectivity index (χ3n) is 0.312. The van der Waals surface area contributed by atoms with E-state index in [-0.39, 0.29) is 30.6 Å². The average Bonchev–Trinajstić information content (AvgIpc) is 2.07. The smallest absolute Gasteiger partial charge is 0.0409 e. The monoisotopic (exact) mass is 70.1 g/mol. The molecule has 0 aromatic rings. The van der Waals surface area contributed by atoms with Crippen molar-refractivity contribution < 1.29 is 6.85 Å². The third kappa shape index (κ3) is 0.323. The first-order valence-electron chi connectivity index (χ1n) is 3.75. The van der Waals surface area contributed by atoms with Crippen LogP contribution in [0.15, 0.2) is 24.2 Å². The molecule has 24 valence electrons. The van der Waals surface area contributed by atoms with Crippen LogP contribution in [0.1, 0.15) is 6.85 Å². The zero-order valence-electron chi connectivity index (χ0n) is 7.50. The van der Waals surface area contributed by atoms with Gasteiger partial charge in [0.15, 0.2) is 4.11 Å². The molecular formula is C5H5+. The SMILES string of the molecule is [2H]C1=C([2H])[C+]([2H])C([2H])=C1[2H]. The van der Waals surface area contributed by atoms with Gasteiger partial charge >= 0.3 is 0 Å². The molecule has 0 bridgehead atoms. The highest BCUT2D eigenvalue weighted by Crippen LogP contribution is 1.91. The fraction of sp³-hybridized carbons (Fsp3) is 0. The minimum absolute atomic E-state index is 0.324. The van der Waals surface area contributed by atoms with E-state index in [0.717, 1.165) is 0 Å². The lowest BCUT2D eigenvalue weighted by Crippen LogP contribution is -1.39. The van der Waals surface area contributed by atoms with Crippen LogP contribution in [0.3, 0.4) is 0 Å². The van der Waals surface area contributed by atoms with Gasteiger partial charge < -0.3 is 0 Å². The average molecular weight is 70.1 g/mol. The van der Waals surface area contributed by atoms with E-state index in [4.69, 9.17) is 6.85 Å². The van der Waals surface area contributed by atoms with Gasteiger partial charge in [-0.3, -0.25) is 0 Å². The van der Waals surface area contributed by atoms with Crippen LogP contribution in [0.4, 0.5) is 0 Å². The molecule has 1 aliphatic rings. The van der Waals surface area contributed by atoms with Gasteiger partial charge in [-0.15, -0.1) is 0 Å². The topological polar surface area (TPSA) is 0 Å². The van der Waals surface area contributed by atoms with Gasteiger partial charge in [-0.05, 0) is 0 Å². The van der Waals surface area contributed by atoms with Gasteiger partial charge in [-0.2, -0.15) is 0 Å². The normalized spacial score (nSPS) is 40.0. The fourth-order valence-corrected chi connectivity index (χ4v) is 0.156. The molecule has 0 N–H and O–H groups in total. The van der Waals surface area contributed by atoms with Crippen LogP contribution in [-0.4, -0.2) is 0 Å². The Morgan fingerprint density at radius 3 is 2.40 bits per heavy atom. The van der Waals surface area contributed by atoms with Gasteiger partial charge in [0.2, 0.25) is 0 Å². The lowest BCUT2D eigenvalue weighted by atomic mass is 10.5. The summed E-state index contributed by atoms with van der Waals surface area (Å²) in [4.78, 5) is 0. The molecule has 5 heavy (non-hydrogen) atoms. The summed E-state index contributed by atoms with van der Waals surface area (Å²) in [5, 5.41) is 0. The molecule has 0 unspecified atom stereocenters. The highest BCUT2D eigenvalue weighted by molar-refractivity contribution is 5.23. The van der Waals surface area contributed by atoms with Crippen LogP contribution in [0, 0.1) is 6.40 Å². The lowest BCUT2D eigenvalue weighted by molar-refractivity contribution is 1.87. The van der Waals surface area contributed by atoms with Crippen LogP contribution in [0.2, 0.25) is 0 Å². The maximum Gasteiger partial charge on any atom is 0.168 e. The van der Waals surface area contributed by atoms with Crippen molar-refractivity contribution in [2.75, 3.05) is 0 Å². The van der Waals surface area contributed by atoms with Gasteiger partial charge in [0.1, 0.15) is 0 Å². The van der Waals surface area contributed by atoms with Gasteiger partial charge in [0.25, 0.3) is 0 Å². The van der Waals surface area contributed by atoms with E-state index in [1.165, 1.54) is 0 Å². The van der Waals surface area contributed by atoms with Crippen LogP contribution in [0.5, 0.6) is 0 Å². The molecule has 0 aromatic carbocycles. The Kier molecular flexibility index (Phi) is 0.109. The maximum absolute atomic E-state index is 6.99. The summed E-state index contributed by atoms with van der Waals surface area (Å²) in [6.45, 7) is 0. The van der Waals surface area contributed by atoms with Gasteiger partial charge in [0.05, 0.1) is 26.9 Å². The number of allylic oxidation sites excluding steroid dienone is 4. The summed E-state index contributed by atoms with van der Waals surface area (Å²) >= 11 is 0. The second-order valence-electron chi connectivity index (χ2n) is 0.625. The zero-order chi connectivity index (χ0) is 7.89. The van der Waals surface area contributed by atoms with E-state index in [1.807, 2.05) is 0 Å². The fourth-order valence-electron chi connectivity index (χ4n) is 0.156. The number of hydrogen-bond acceptors (Lipinski definition) is 0. The molecule has 0 saturated heterocycles. The van der Waals surface area contributed by atoms with Gasteiger partial charge in [0, 0.05) is 6.40 Å². The predicted octanol–water partition coefficient (Wildman–Crippen LogP) is 1.32. The van der Waals surface area contributed by atoms with Gasteiger partial charge in [-0.1, -0.05) is 0 Å². The molecule has 0 aromatic heterocycles. The third-order valence-corrected chi connectivity index (χ3v) is 0.312. The summed E-state index contributed by atoms with van der Waals surface area (Å²) in [6.07, 6.45) is -0.324. The van der Waals surface area contributed by atoms with Crippen LogP contribution in [-0.2, 0) is 0 Å². The highest BCUT2D eigenvalue weighted by atomic mass is 13.8. The Labute approximate surface area is 38.8 Å². The predicted molar refractivity (Wildman–Crippen MR) is 22.6 cm³/mol. The molecule has 0 heteroatoms. The van der Waals surface area contributed by atoms with Crippen molar-refractivity contribution in [2.45, 2.75) is 0 Å². The van der Waals surface area contributed by atoms with Crippen LogP contribution in [0.25, 0.3) is 0 Å². The minimum atomic E-state index is -0.324. The maximum atomic E-state index is 6.99. The standard InChI is InChI=1S/C5H5/c1-2-4-5-3-1/h1-5H/q+1/i1D,2D,3D,4D,5D. The molecule has 0 atom stereocenters. The largest absolute Gasteiger partial charge is 0.168 e. The Morgan fingerprint density at radius 1 is 1.60 bits per heavy atom. The Morgan fingerprint density at radius 2 is 2.20 bits per heavy atom. The van der Waals surface area contributed by atoms with Crippen molar-refractivity contribution in [3.63, 3.8) is 0 Å². The van der Waals surface area contributed by atoms with Crippen LogP contribution < -0.4 is 0 Å². The molecular weight excluding hydrogens is 60.1 g/mol. The number of rotatable bonds is 0. The molecule has 1 aliphatic carbocycles. The Bertz CT molecular complexity index is 202.